The number of hydrogen-bond donors (Lipinski definition) is 2. The molecule has 4 rings (SSSR count). The SMILES string of the molecule is C=CCn1c(-c2sc(NC(=O)C3CC(=O)N(c4ccccc4OCC)C3)nc2C)n[nH]c1=S. The van der Waals surface area contributed by atoms with Crippen molar-refractivity contribution in [2.24, 2.45) is 5.92 Å². The van der Waals surface area contributed by atoms with Gasteiger partial charge in [0.2, 0.25) is 11.8 Å². The van der Waals surface area contributed by atoms with Gasteiger partial charge < -0.3 is 15.0 Å². The Hall–Kier alpha value is -3.31. The highest BCUT2D eigenvalue weighted by atomic mass is 32.1. The molecule has 1 fully saturated rings. The summed E-state index contributed by atoms with van der Waals surface area (Å²) in [5.41, 5.74) is 1.40. The van der Waals surface area contributed by atoms with Gasteiger partial charge in [0.05, 0.1) is 28.8 Å². The van der Waals surface area contributed by atoms with Crippen LogP contribution in [0.4, 0.5) is 10.8 Å². The smallest absolute Gasteiger partial charge is 0.231 e. The number of benzene rings is 1. The minimum absolute atomic E-state index is 0.113. The molecule has 33 heavy (non-hydrogen) atoms. The summed E-state index contributed by atoms with van der Waals surface area (Å²) < 4.78 is 7.95. The molecule has 1 aliphatic heterocycles. The number of H-pyrrole nitrogens is 1. The Morgan fingerprint density at radius 1 is 1.45 bits per heavy atom. The fraction of sp³-hybridized carbons (Fsp3) is 0.318. The molecule has 11 heteroatoms. The van der Waals surface area contributed by atoms with Gasteiger partial charge in [-0.25, -0.2) is 4.98 Å². The zero-order valence-corrected chi connectivity index (χ0v) is 20.0. The number of ether oxygens (including phenoxy) is 1. The van der Waals surface area contributed by atoms with Crippen LogP contribution >= 0.6 is 23.6 Å². The Bertz CT molecular complexity index is 1260. The van der Waals surface area contributed by atoms with E-state index >= 15 is 0 Å². The zero-order valence-electron chi connectivity index (χ0n) is 18.3. The maximum absolute atomic E-state index is 13.0. The van der Waals surface area contributed by atoms with Crippen molar-refractivity contribution in [3.8, 4) is 16.5 Å². The second kappa shape index (κ2) is 9.67. The van der Waals surface area contributed by atoms with Crippen LogP contribution in [0.1, 0.15) is 19.0 Å². The van der Waals surface area contributed by atoms with Crippen LogP contribution < -0.4 is 15.0 Å². The van der Waals surface area contributed by atoms with Gasteiger partial charge in [-0.1, -0.05) is 29.5 Å². The normalized spacial score (nSPS) is 15.6. The summed E-state index contributed by atoms with van der Waals surface area (Å²) in [5, 5.41) is 10.4. The summed E-state index contributed by atoms with van der Waals surface area (Å²) in [5.74, 6) is 0.422. The lowest BCUT2D eigenvalue weighted by atomic mass is 10.1. The minimum Gasteiger partial charge on any atom is -0.492 e. The number of rotatable bonds is 8. The number of carbonyl (C=O) groups is 2. The number of amides is 2. The largest absolute Gasteiger partial charge is 0.492 e. The molecular weight excluding hydrogens is 460 g/mol. The molecule has 3 heterocycles. The Morgan fingerprint density at radius 2 is 2.24 bits per heavy atom. The van der Waals surface area contributed by atoms with Gasteiger partial charge in [-0.2, -0.15) is 5.10 Å². The van der Waals surface area contributed by atoms with E-state index in [4.69, 9.17) is 17.0 Å². The molecule has 1 saturated heterocycles. The van der Waals surface area contributed by atoms with E-state index in [9.17, 15) is 9.59 Å². The molecule has 2 N–H and O–H groups in total. The van der Waals surface area contributed by atoms with E-state index in [-0.39, 0.29) is 24.8 Å². The number of aryl methyl sites for hydroxylation is 1. The van der Waals surface area contributed by atoms with E-state index in [2.05, 4.69) is 27.1 Å². The van der Waals surface area contributed by atoms with Crippen LogP contribution in [0.25, 0.3) is 10.7 Å². The number of thiazole rings is 1. The molecular formula is C22H24N6O3S2. The second-order valence-electron chi connectivity index (χ2n) is 7.48. The quantitative estimate of drug-likeness (QED) is 0.371. The first-order chi connectivity index (χ1) is 15.9. The van der Waals surface area contributed by atoms with Crippen molar-refractivity contribution in [1.29, 1.82) is 0 Å². The number of anilines is 2. The van der Waals surface area contributed by atoms with Crippen LogP contribution in [-0.2, 0) is 16.1 Å². The molecule has 1 aromatic carbocycles. The highest BCUT2D eigenvalue weighted by Gasteiger charge is 2.36. The molecule has 172 valence electrons. The molecule has 1 atom stereocenters. The van der Waals surface area contributed by atoms with Crippen LogP contribution in [0.15, 0.2) is 36.9 Å². The number of aromatic amines is 1. The molecule has 0 radical (unpaired) electrons. The third-order valence-electron chi connectivity index (χ3n) is 5.25. The number of nitrogens with zero attached hydrogens (tertiary/aromatic N) is 4. The number of carbonyl (C=O) groups excluding carboxylic acids is 2. The number of nitrogens with one attached hydrogen (secondary N) is 2. The number of para-hydroxylation sites is 2. The van der Waals surface area contributed by atoms with E-state index in [0.717, 1.165) is 10.6 Å². The first-order valence-electron chi connectivity index (χ1n) is 10.5. The lowest BCUT2D eigenvalue weighted by Crippen LogP contribution is -2.28. The first kappa shape index (κ1) is 22.9. The van der Waals surface area contributed by atoms with Crippen LogP contribution in [0.5, 0.6) is 5.75 Å². The van der Waals surface area contributed by atoms with Crippen molar-refractivity contribution in [3.05, 3.63) is 47.4 Å². The molecule has 2 aromatic heterocycles. The monoisotopic (exact) mass is 484 g/mol. The van der Waals surface area contributed by atoms with Crippen molar-refractivity contribution in [2.45, 2.75) is 26.8 Å². The van der Waals surface area contributed by atoms with Crippen LogP contribution in [0, 0.1) is 17.6 Å². The highest BCUT2D eigenvalue weighted by molar-refractivity contribution is 7.71. The first-order valence-corrected chi connectivity index (χ1v) is 11.7. The maximum atomic E-state index is 13.0. The van der Waals surface area contributed by atoms with Gasteiger partial charge >= 0.3 is 0 Å². The predicted molar refractivity (Wildman–Crippen MR) is 130 cm³/mol. The summed E-state index contributed by atoms with van der Waals surface area (Å²) in [6.45, 7) is 8.77. The zero-order chi connectivity index (χ0) is 23.5. The van der Waals surface area contributed by atoms with Gasteiger partial charge in [-0.3, -0.25) is 19.3 Å². The molecule has 0 bridgehead atoms. The van der Waals surface area contributed by atoms with E-state index in [0.29, 0.717) is 40.3 Å². The molecule has 0 spiro atoms. The Morgan fingerprint density at radius 3 is 3.00 bits per heavy atom. The summed E-state index contributed by atoms with van der Waals surface area (Å²) in [6, 6.07) is 7.35. The molecule has 3 aromatic rings. The third kappa shape index (κ3) is 4.60. The van der Waals surface area contributed by atoms with Crippen molar-refractivity contribution >= 4 is 46.2 Å². The van der Waals surface area contributed by atoms with E-state index in [1.165, 1.54) is 11.3 Å². The summed E-state index contributed by atoms with van der Waals surface area (Å²) in [7, 11) is 0. The van der Waals surface area contributed by atoms with Crippen molar-refractivity contribution < 1.29 is 14.3 Å². The van der Waals surface area contributed by atoms with Crippen LogP contribution in [0.3, 0.4) is 0 Å². The lowest BCUT2D eigenvalue weighted by Gasteiger charge is -2.20. The fourth-order valence-corrected chi connectivity index (χ4v) is 4.90. The maximum Gasteiger partial charge on any atom is 0.231 e. The van der Waals surface area contributed by atoms with Gasteiger partial charge in [-0.05, 0) is 38.2 Å². The topological polar surface area (TPSA) is 105 Å². The summed E-state index contributed by atoms with van der Waals surface area (Å²) in [4.78, 5) is 32.6. The van der Waals surface area contributed by atoms with E-state index < -0.39 is 5.92 Å². The third-order valence-corrected chi connectivity index (χ3v) is 6.63. The fourth-order valence-electron chi connectivity index (χ4n) is 3.73. The number of allylic oxidation sites excluding steroid dienone is 1. The van der Waals surface area contributed by atoms with E-state index in [1.54, 1.807) is 11.0 Å². The number of aromatic nitrogens is 4. The van der Waals surface area contributed by atoms with Gasteiger partial charge in [0.15, 0.2) is 15.7 Å². The molecule has 1 unspecified atom stereocenters. The molecule has 0 saturated carbocycles. The van der Waals surface area contributed by atoms with Crippen LogP contribution in [0.2, 0.25) is 0 Å². The Labute approximate surface area is 200 Å². The molecule has 0 aliphatic carbocycles. The average molecular weight is 485 g/mol. The van der Waals surface area contributed by atoms with E-state index in [1.807, 2.05) is 42.7 Å². The predicted octanol–water partition coefficient (Wildman–Crippen LogP) is 3.95. The van der Waals surface area contributed by atoms with Gasteiger partial charge in [0.25, 0.3) is 0 Å². The minimum atomic E-state index is -0.491. The van der Waals surface area contributed by atoms with Gasteiger partial charge in [0, 0.05) is 19.5 Å². The van der Waals surface area contributed by atoms with Gasteiger partial charge in [0.1, 0.15) is 5.75 Å². The summed E-state index contributed by atoms with van der Waals surface area (Å²) in [6.07, 6.45) is 1.86. The Kier molecular flexibility index (Phi) is 6.70. The summed E-state index contributed by atoms with van der Waals surface area (Å²) >= 11 is 6.60. The van der Waals surface area contributed by atoms with Gasteiger partial charge in [-0.15, -0.1) is 6.58 Å². The van der Waals surface area contributed by atoms with Crippen LogP contribution in [-0.4, -0.2) is 44.7 Å². The second-order valence-corrected chi connectivity index (χ2v) is 8.87. The van der Waals surface area contributed by atoms with Crippen molar-refractivity contribution in [3.63, 3.8) is 0 Å². The van der Waals surface area contributed by atoms with Crippen molar-refractivity contribution in [1.82, 2.24) is 19.7 Å². The lowest BCUT2D eigenvalue weighted by molar-refractivity contribution is -0.122. The molecule has 1 aliphatic rings. The standard InChI is InChI=1S/C22H24N6O3S2/c1-4-10-27-19(25-26-22(27)32)18-13(3)23-21(33-18)24-20(30)14-11-17(29)28(12-14)15-8-6-7-9-16(15)31-5-2/h4,6-9,14H,1,5,10-12H2,2-3H3,(H,26,32)(H,23,24,30). The Balaban J connectivity index is 1.50. The molecule has 2 amide bonds. The molecule has 9 nitrogen and oxygen atoms in total. The highest BCUT2D eigenvalue weighted by Crippen LogP contribution is 2.35. The average Bonchev–Trinajstić information content (AvgIpc) is 3.46. The van der Waals surface area contributed by atoms with Crippen molar-refractivity contribution in [2.75, 3.05) is 23.4 Å². The number of hydrogen-bond acceptors (Lipinski definition) is 7.